The zero-order valence-electron chi connectivity index (χ0n) is 15.3. The van der Waals surface area contributed by atoms with Crippen molar-refractivity contribution in [3.8, 4) is 0 Å². The fraction of sp³-hybridized carbons (Fsp3) is 0.600. The van der Waals surface area contributed by atoms with Crippen LogP contribution in [0.25, 0.3) is 0 Å². The zero-order valence-corrected chi connectivity index (χ0v) is 15.3. The first-order valence-corrected chi connectivity index (χ1v) is 9.58. The largest absolute Gasteiger partial charge is 0.392 e. The highest BCUT2D eigenvalue weighted by molar-refractivity contribution is 5.80. The monoisotopic (exact) mass is 359 g/mol. The summed E-state index contributed by atoms with van der Waals surface area (Å²) in [7, 11) is 0. The van der Waals surface area contributed by atoms with Gasteiger partial charge in [-0.15, -0.1) is 0 Å². The molecule has 0 saturated carbocycles. The number of carbonyl (C=O) groups excluding carboxylic acids is 2. The maximum atomic E-state index is 12.7. The number of hydrogen-bond acceptors (Lipinski definition) is 4. The van der Waals surface area contributed by atoms with E-state index < -0.39 is 0 Å². The van der Waals surface area contributed by atoms with Crippen LogP contribution in [0.5, 0.6) is 0 Å². The zero-order chi connectivity index (χ0) is 18.5. The van der Waals surface area contributed by atoms with Crippen molar-refractivity contribution in [2.24, 2.45) is 11.7 Å². The Labute approximate surface area is 155 Å². The number of nitrogens with zero attached hydrogens (tertiary/aromatic N) is 2. The van der Waals surface area contributed by atoms with E-state index in [9.17, 15) is 9.59 Å². The van der Waals surface area contributed by atoms with E-state index in [1.54, 1.807) is 0 Å². The van der Waals surface area contributed by atoms with E-state index in [0.717, 1.165) is 43.5 Å². The lowest BCUT2D eigenvalue weighted by Gasteiger charge is -2.47. The Morgan fingerprint density at radius 3 is 2.62 bits per heavy atom. The predicted octanol–water partition coefficient (Wildman–Crippen LogP) is 0.910. The van der Waals surface area contributed by atoms with Gasteiger partial charge in [-0.2, -0.15) is 0 Å². The molecule has 2 amide bonds. The Kier molecular flexibility index (Phi) is 6.27. The molecule has 2 fully saturated rings. The van der Waals surface area contributed by atoms with Crippen LogP contribution in [0, 0.1) is 5.92 Å². The summed E-state index contributed by atoms with van der Waals surface area (Å²) >= 11 is 0. The van der Waals surface area contributed by atoms with E-state index in [2.05, 4.69) is 0 Å². The molecule has 0 unspecified atom stereocenters. The fourth-order valence-corrected chi connectivity index (χ4v) is 4.18. The molecule has 1 aromatic carbocycles. The Bertz CT molecular complexity index is 632. The summed E-state index contributed by atoms with van der Waals surface area (Å²) in [5.41, 5.74) is 7.43. The molecule has 0 aromatic heterocycles. The van der Waals surface area contributed by atoms with Gasteiger partial charge >= 0.3 is 0 Å². The Balaban J connectivity index is 1.58. The summed E-state index contributed by atoms with van der Waals surface area (Å²) in [5, 5.41) is 9.11. The minimum Gasteiger partial charge on any atom is -0.392 e. The maximum Gasteiger partial charge on any atom is 0.227 e. The van der Waals surface area contributed by atoms with E-state index in [0.29, 0.717) is 31.8 Å². The summed E-state index contributed by atoms with van der Waals surface area (Å²) in [6.45, 7) is 2.80. The molecule has 3 N–H and O–H groups in total. The summed E-state index contributed by atoms with van der Waals surface area (Å²) in [6, 6.07) is 7.79. The minimum absolute atomic E-state index is 0.0167. The van der Waals surface area contributed by atoms with E-state index in [4.69, 9.17) is 10.8 Å². The molecule has 2 aliphatic rings. The summed E-state index contributed by atoms with van der Waals surface area (Å²) in [4.78, 5) is 28.9. The van der Waals surface area contributed by atoms with Gasteiger partial charge < -0.3 is 20.6 Å². The SMILES string of the molecule is NCCCN1C(=O)CC[C@H]2CN(C(=O)Cc3ccc(CO)cc3)CC[C@H]21. The second-order valence-electron chi connectivity index (χ2n) is 7.38. The second-order valence-corrected chi connectivity index (χ2v) is 7.38. The molecule has 2 aliphatic heterocycles. The molecule has 2 saturated heterocycles. The van der Waals surface area contributed by atoms with Crippen molar-refractivity contribution in [2.75, 3.05) is 26.2 Å². The Morgan fingerprint density at radius 1 is 1.19 bits per heavy atom. The van der Waals surface area contributed by atoms with Gasteiger partial charge in [0.2, 0.25) is 11.8 Å². The molecule has 6 heteroatoms. The molecule has 0 radical (unpaired) electrons. The standard InChI is InChI=1S/C20H29N3O3/c21-9-1-10-23-18-8-11-22(13-17(18)6-7-19(23)25)20(26)12-15-2-4-16(14-24)5-3-15/h2-5,17-18,24H,1,6-14,21H2/t17-,18+/m0/s1. The average Bonchev–Trinajstić information content (AvgIpc) is 2.67. The van der Waals surface area contributed by atoms with E-state index in [1.165, 1.54) is 0 Å². The second kappa shape index (κ2) is 8.64. The van der Waals surface area contributed by atoms with Crippen LogP contribution in [0.2, 0.25) is 0 Å². The van der Waals surface area contributed by atoms with Gasteiger partial charge in [0.05, 0.1) is 13.0 Å². The number of aliphatic hydroxyl groups is 1. The van der Waals surface area contributed by atoms with Crippen LogP contribution in [-0.4, -0.2) is 58.9 Å². The number of fused-ring (bicyclic) bond motifs is 1. The molecular weight excluding hydrogens is 330 g/mol. The number of nitrogens with two attached hydrogens (primary N) is 1. The van der Waals surface area contributed by atoms with Gasteiger partial charge in [0.25, 0.3) is 0 Å². The van der Waals surface area contributed by atoms with Crippen molar-refractivity contribution in [2.45, 2.75) is 44.8 Å². The lowest BCUT2D eigenvalue weighted by atomic mass is 9.83. The number of hydrogen-bond donors (Lipinski definition) is 2. The van der Waals surface area contributed by atoms with Crippen molar-refractivity contribution in [1.29, 1.82) is 0 Å². The lowest BCUT2D eigenvalue weighted by molar-refractivity contribution is -0.144. The number of rotatable bonds is 6. The number of amides is 2. The smallest absolute Gasteiger partial charge is 0.227 e. The highest BCUT2D eigenvalue weighted by Gasteiger charge is 2.39. The third-order valence-corrected chi connectivity index (χ3v) is 5.66. The fourth-order valence-electron chi connectivity index (χ4n) is 4.18. The van der Waals surface area contributed by atoms with Gasteiger partial charge in [-0.1, -0.05) is 24.3 Å². The van der Waals surface area contributed by atoms with Crippen LogP contribution in [0.4, 0.5) is 0 Å². The lowest BCUT2D eigenvalue weighted by Crippen LogP contribution is -2.57. The summed E-state index contributed by atoms with van der Waals surface area (Å²) in [6.07, 6.45) is 3.53. The van der Waals surface area contributed by atoms with Crippen molar-refractivity contribution < 1.29 is 14.7 Å². The van der Waals surface area contributed by atoms with Gasteiger partial charge in [0, 0.05) is 32.1 Å². The molecule has 2 atom stereocenters. The quantitative estimate of drug-likeness (QED) is 0.790. The molecule has 3 rings (SSSR count). The van der Waals surface area contributed by atoms with Gasteiger partial charge in [-0.25, -0.2) is 0 Å². The normalized spacial score (nSPS) is 23.1. The first-order chi connectivity index (χ1) is 12.6. The molecule has 6 nitrogen and oxygen atoms in total. The van der Waals surface area contributed by atoms with Crippen LogP contribution < -0.4 is 5.73 Å². The minimum atomic E-state index is 0.0167. The van der Waals surface area contributed by atoms with Crippen LogP contribution in [-0.2, 0) is 22.6 Å². The average molecular weight is 359 g/mol. The van der Waals surface area contributed by atoms with E-state index in [1.807, 2.05) is 34.1 Å². The summed E-state index contributed by atoms with van der Waals surface area (Å²) in [5.74, 6) is 0.758. The highest BCUT2D eigenvalue weighted by atomic mass is 16.3. The van der Waals surface area contributed by atoms with E-state index in [-0.39, 0.29) is 24.5 Å². The van der Waals surface area contributed by atoms with Crippen LogP contribution in [0.15, 0.2) is 24.3 Å². The predicted molar refractivity (Wildman–Crippen MR) is 99.2 cm³/mol. The molecule has 2 heterocycles. The van der Waals surface area contributed by atoms with Gasteiger partial charge in [0.1, 0.15) is 0 Å². The van der Waals surface area contributed by atoms with Gasteiger partial charge in [-0.05, 0) is 42.9 Å². The number of piperidine rings is 2. The Hall–Kier alpha value is -1.92. The van der Waals surface area contributed by atoms with Crippen LogP contribution in [0.3, 0.4) is 0 Å². The van der Waals surface area contributed by atoms with Gasteiger partial charge in [0.15, 0.2) is 0 Å². The number of carbonyl (C=O) groups is 2. The molecule has 142 valence electrons. The van der Waals surface area contributed by atoms with Crippen molar-refractivity contribution >= 4 is 11.8 Å². The van der Waals surface area contributed by atoms with Crippen LogP contribution >= 0.6 is 0 Å². The molecule has 0 spiro atoms. The van der Waals surface area contributed by atoms with Crippen molar-refractivity contribution in [3.63, 3.8) is 0 Å². The number of benzene rings is 1. The van der Waals surface area contributed by atoms with Crippen molar-refractivity contribution in [3.05, 3.63) is 35.4 Å². The first-order valence-electron chi connectivity index (χ1n) is 9.58. The van der Waals surface area contributed by atoms with Crippen molar-refractivity contribution in [1.82, 2.24) is 9.80 Å². The summed E-state index contributed by atoms with van der Waals surface area (Å²) < 4.78 is 0. The van der Waals surface area contributed by atoms with Crippen LogP contribution in [0.1, 0.15) is 36.8 Å². The topological polar surface area (TPSA) is 86.9 Å². The third kappa shape index (κ3) is 4.24. The van der Waals surface area contributed by atoms with E-state index >= 15 is 0 Å². The Morgan fingerprint density at radius 2 is 1.92 bits per heavy atom. The number of aliphatic hydroxyl groups excluding tert-OH is 1. The third-order valence-electron chi connectivity index (χ3n) is 5.66. The highest BCUT2D eigenvalue weighted by Crippen LogP contribution is 2.31. The molecule has 1 aromatic rings. The molecular formula is C20H29N3O3. The maximum absolute atomic E-state index is 12.7. The molecule has 0 bridgehead atoms. The molecule has 26 heavy (non-hydrogen) atoms. The first kappa shape index (κ1) is 18.9. The number of likely N-dealkylation sites (tertiary alicyclic amines) is 2. The van der Waals surface area contributed by atoms with Gasteiger partial charge in [-0.3, -0.25) is 9.59 Å². The molecule has 0 aliphatic carbocycles.